The van der Waals surface area contributed by atoms with Crippen LogP contribution in [0.3, 0.4) is 0 Å². The maximum absolute atomic E-state index is 12.6. The third-order valence-electron chi connectivity index (χ3n) is 4.27. The van der Waals surface area contributed by atoms with Crippen LogP contribution < -0.4 is 10.1 Å². The van der Waals surface area contributed by atoms with Gasteiger partial charge in [-0.25, -0.2) is 0 Å². The summed E-state index contributed by atoms with van der Waals surface area (Å²) in [5, 5.41) is 13.8. The van der Waals surface area contributed by atoms with Crippen LogP contribution in [0.5, 0.6) is 5.75 Å². The minimum absolute atomic E-state index is 0.0373. The molecule has 0 saturated carbocycles. The number of non-ortho nitro benzene ring substituents is 1. The van der Waals surface area contributed by atoms with Crippen molar-refractivity contribution in [3.8, 4) is 5.75 Å². The van der Waals surface area contributed by atoms with Gasteiger partial charge in [-0.1, -0.05) is 17.7 Å². The van der Waals surface area contributed by atoms with E-state index in [0.717, 1.165) is 16.9 Å². The van der Waals surface area contributed by atoms with E-state index in [0.29, 0.717) is 12.0 Å². The summed E-state index contributed by atoms with van der Waals surface area (Å²) in [4.78, 5) is 22.8. The smallest absolute Gasteiger partial charge is 0.269 e. The zero-order chi connectivity index (χ0) is 18.2. The van der Waals surface area contributed by atoms with Gasteiger partial charge in [0.2, 0.25) is 0 Å². The van der Waals surface area contributed by atoms with E-state index in [4.69, 9.17) is 4.74 Å². The molecular weight excluding hydrogens is 320 g/mol. The van der Waals surface area contributed by atoms with E-state index in [2.05, 4.69) is 5.32 Å². The van der Waals surface area contributed by atoms with Gasteiger partial charge in [-0.15, -0.1) is 0 Å². The lowest BCUT2D eigenvalue weighted by atomic mass is 9.88. The Balaban J connectivity index is 1.85. The van der Waals surface area contributed by atoms with Crippen molar-refractivity contribution in [2.75, 3.05) is 0 Å². The number of benzene rings is 2. The molecule has 0 spiro atoms. The number of nitro benzene ring substituents is 1. The van der Waals surface area contributed by atoms with Crippen molar-refractivity contribution in [1.29, 1.82) is 0 Å². The Morgan fingerprint density at radius 3 is 2.56 bits per heavy atom. The number of hydrogen-bond acceptors (Lipinski definition) is 4. The molecule has 1 N–H and O–H groups in total. The summed E-state index contributed by atoms with van der Waals surface area (Å²) in [6.45, 7) is 5.97. The summed E-state index contributed by atoms with van der Waals surface area (Å²) in [6, 6.07) is 11.4. The zero-order valence-electron chi connectivity index (χ0n) is 14.4. The summed E-state index contributed by atoms with van der Waals surface area (Å²) in [6.07, 6.45) is 0.641. The van der Waals surface area contributed by atoms with Crippen molar-refractivity contribution in [2.24, 2.45) is 0 Å². The van der Waals surface area contributed by atoms with Gasteiger partial charge in [-0.2, -0.15) is 0 Å². The van der Waals surface area contributed by atoms with Crippen molar-refractivity contribution >= 4 is 11.6 Å². The third-order valence-corrected chi connectivity index (χ3v) is 4.27. The number of carbonyl (C=O) groups is 1. The molecule has 0 saturated heterocycles. The highest BCUT2D eigenvalue weighted by atomic mass is 16.6. The van der Waals surface area contributed by atoms with E-state index in [-0.39, 0.29) is 17.6 Å². The van der Waals surface area contributed by atoms with Gasteiger partial charge in [0, 0.05) is 29.7 Å². The summed E-state index contributed by atoms with van der Waals surface area (Å²) in [5.41, 5.74) is 2.01. The number of rotatable bonds is 3. The first kappa shape index (κ1) is 17.0. The summed E-state index contributed by atoms with van der Waals surface area (Å²) in [7, 11) is 0. The number of nitrogens with zero attached hydrogens (tertiary/aromatic N) is 1. The largest absolute Gasteiger partial charge is 0.487 e. The number of carbonyl (C=O) groups excluding carboxylic acids is 1. The van der Waals surface area contributed by atoms with Gasteiger partial charge in [0.1, 0.15) is 11.4 Å². The van der Waals surface area contributed by atoms with Gasteiger partial charge >= 0.3 is 0 Å². The molecule has 2 aromatic rings. The maximum atomic E-state index is 12.6. The highest BCUT2D eigenvalue weighted by Gasteiger charge is 2.34. The van der Waals surface area contributed by atoms with Crippen LogP contribution in [0.15, 0.2) is 42.5 Å². The number of amides is 1. The molecule has 0 bridgehead atoms. The quantitative estimate of drug-likeness (QED) is 0.678. The summed E-state index contributed by atoms with van der Waals surface area (Å²) < 4.78 is 6.01. The average molecular weight is 340 g/mol. The lowest BCUT2D eigenvalue weighted by Crippen LogP contribution is -2.41. The molecule has 2 aromatic carbocycles. The van der Waals surface area contributed by atoms with Crippen molar-refractivity contribution in [2.45, 2.75) is 38.8 Å². The van der Waals surface area contributed by atoms with Crippen LogP contribution in [0.2, 0.25) is 0 Å². The number of ether oxygens (including phenoxy) is 1. The second-order valence-electron chi connectivity index (χ2n) is 6.94. The van der Waals surface area contributed by atoms with Crippen LogP contribution in [0.4, 0.5) is 5.69 Å². The lowest BCUT2D eigenvalue weighted by Gasteiger charge is -2.38. The monoisotopic (exact) mass is 340 g/mol. The van der Waals surface area contributed by atoms with Gasteiger partial charge in [0.05, 0.1) is 11.0 Å². The average Bonchev–Trinajstić information content (AvgIpc) is 2.55. The molecule has 6 heteroatoms. The maximum Gasteiger partial charge on any atom is 0.269 e. The molecule has 0 radical (unpaired) electrons. The summed E-state index contributed by atoms with van der Waals surface area (Å²) in [5.74, 6) is 0.515. The summed E-state index contributed by atoms with van der Waals surface area (Å²) >= 11 is 0. The fraction of sp³-hybridized carbons (Fsp3) is 0.316. The predicted octanol–water partition coefficient (Wildman–Crippen LogP) is 3.94. The first-order valence-corrected chi connectivity index (χ1v) is 8.10. The van der Waals surface area contributed by atoms with Gasteiger partial charge in [0.25, 0.3) is 11.6 Å². The van der Waals surface area contributed by atoms with Crippen LogP contribution in [0, 0.1) is 17.0 Å². The highest BCUT2D eigenvalue weighted by molar-refractivity contribution is 5.94. The van der Waals surface area contributed by atoms with Gasteiger partial charge in [-0.3, -0.25) is 14.9 Å². The Labute approximate surface area is 146 Å². The van der Waals surface area contributed by atoms with Crippen molar-refractivity contribution in [1.82, 2.24) is 5.32 Å². The normalized spacial score (nSPS) is 18.0. The molecule has 1 aliphatic heterocycles. The Morgan fingerprint density at radius 1 is 1.24 bits per heavy atom. The highest BCUT2D eigenvalue weighted by Crippen LogP contribution is 2.40. The molecule has 0 unspecified atom stereocenters. The molecule has 25 heavy (non-hydrogen) atoms. The molecular formula is C19H20N2O4. The Bertz CT molecular complexity index is 828. The zero-order valence-corrected chi connectivity index (χ0v) is 14.4. The molecule has 6 nitrogen and oxygen atoms in total. The van der Waals surface area contributed by atoms with E-state index in [9.17, 15) is 14.9 Å². The Morgan fingerprint density at radius 2 is 1.92 bits per heavy atom. The first-order chi connectivity index (χ1) is 11.7. The predicted molar refractivity (Wildman–Crippen MR) is 93.8 cm³/mol. The second-order valence-corrected chi connectivity index (χ2v) is 6.94. The fourth-order valence-electron chi connectivity index (χ4n) is 3.08. The molecule has 1 atom stereocenters. The fourth-order valence-corrected chi connectivity index (χ4v) is 3.08. The van der Waals surface area contributed by atoms with E-state index in [1.165, 1.54) is 24.3 Å². The van der Waals surface area contributed by atoms with Gasteiger partial charge in [-0.05, 0) is 39.0 Å². The van der Waals surface area contributed by atoms with Crippen LogP contribution in [0.25, 0.3) is 0 Å². The SMILES string of the molecule is Cc1ccc2c(c1)[C@@H](NC(=O)c1ccc([N+](=O)[O-])cc1)CC(C)(C)O2. The molecule has 1 amide bonds. The molecule has 0 fully saturated rings. The second kappa shape index (κ2) is 6.20. The van der Waals surface area contributed by atoms with Crippen LogP contribution in [0.1, 0.15) is 47.8 Å². The standard InChI is InChI=1S/C19H20N2O4/c1-12-4-9-17-15(10-12)16(11-19(2,3)25-17)20-18(22)13-5-7-14(8-6-13)21(23)24/h4-10,16H,11H2,1-3H3,(H,20,22)/t16-/m0/s1. The van der Waals surface area contributed by atoms with E-state index < -0.39 is 10.5 Å². The minimum Gasteiger partial charge on any atom is -0.487 e. The minimum atomic E-state index is -0.484. The number of hydrogen-bond donors (Lipinski definition) is 1. The molecule has 1 heterocycles. The number of nitrogens with one attached hydrogen (secondary N) is 1. The number of nitro groups is 1. The van der Waals surface area contributed by atoms with E-state index in [1.54, 1.807) is 0 Å². The lowest BCUT2D eigenvalue weighted by molar-refractivity contribution is -0.384. The van der Waals surface area contributed by atoms with Crippen molar-refractivity contribution in [3.63, 3.8) is 0 Å². The van der Waals surface area contributed by atoms with Crippen molar-refractivity contribution in [3.05, 3.63) is 69.3 Å². The van der Waals surface area contributed by atoms with E-state index in [1.807, 2.05) is 39.0 Å². The molecule has 3 rings (SSSR count). The van der Waals surface area contributed by atoms with Crippen LogP contribution >= 0.6 is 0 Å². The van der Waals surface area contributed by atoms with Crippen molar-refractivity contribution < 1.29 is 14.5 Å². The van der Waals surface area contributed by atoms with E-state index >= 15 is 0 Å². The molecule has 0 aromatic heterocycles. The van der Waals surface area contributed by atoms with Crippen LogP contribution in [-0.2, 0) is 0 Å². The molecule has 0 aliphatic carbocycles. The first-order valence-electron chi connectivity index (χ1n) is 8.10. The topological polar surface area (TPSA) is 81.5 Å². The third kappa shape index (κ3) is 3.63. The molecule has 1 aliphatic rings. The number of aryl methyl sites for hydroxylation is 1. The van der Waals surface area contributed by atoms with Gasteiger partial charge < -0.3 is 10.1 Å². The molecule has 130 valence electrons. The van der Waals surface area contributed by atoms with Gasteiger partial charge in [0.15, 0.2) is 0 Å². The Hall–Kier alpha value is -2.89. The number of fused-ring (bicyclic) bond motifs is 1. The van der Waals surface area contributed by atoms with Crippen LogP contribution in [-0.4, -0.2) is 16.4 Å². The Kier molecular flexibility index (Phi) is 4.20.